The lowest BCUT2D eigenvalue weighted by Gasteiger charge is -2.25. The van der Waals surface area contributed by atoms with E-state index in [1.807, 2.05) is 6.08 Å². The van der Waals surface area contributed by atoms with Crippen molar-refractivity contribution in [3.05, 3.63) is 12.2 Å². The largest absolute Gasteiger partial charge is 0.296 e. The van der Waals surface area contributed by atoms with E-state index in [1.165, 1.54) is 0 Å². The van der Waals surface area contributed by atoms with Gasteiger partial charge in [-0.05, 0) is 25.2 Å². The molecular formula is C13H19FO. The minimum absolute atomic E-state index is 0.114. The molecule has 0 heterocycles. The van der Waals surface area contributed by atoms with Crippen molar-refractivity contribution >= 4 is 5.78 Å². The Morgan fingerprint density at radius 1 is 1.47 bits per heavy atom. The van der Waals surface area contributed by atoms with Crippen molar-refractivity contribution in [1.29, 1.82) is 0 Å². The predicted octanol–water partition coefficient (Wildman–Crippen LogP) is 3.44. The summed E-state index contributed by atoms with van der Waals surface area (Å²) in [6, 6.07) is 0. The van der Waals surface area contributed by atoms with Crippen LogP contribution in [0.1, 0.15) is 45.4 Å². The molecule has 0 spiro atoms. The normalized spacial score (nSPS) is 37.5. The van der Waals surface area contributed by atoms with Crippen LogP contribution in [0, 0.1) is 11.8 Å². The fraction of sp³-hybridized carbons (Fsp3) is 0.769. The smallest absolute Gasteiger partial charge is 0.175 e. The highest BCUT2D eigenvalue weighted by molar-refractivity contribution is 5.88. The van der Waals surface area contributed by atoms with E-state index in [0.29, 0.717) is 18.8 Å². The van der Waals surface area contributed by atoms with Crippen LogP contribution in [0.4, 0.5) is 4.39 Å². The van der Waals surface area contributed by atoms with Gasteiger partial charge in [0, 0.05) is 12.3 Å². The molecule has 1 fully saturated rings. The highest BCUT2D eigenvalue weighted by atomic mass is 19.1. The number of unbranched alkanes of at least 4 members (excludes halogenated alkanes) is 2. The Hall–Kier alpha value is -0.660. The minimum atomic E-state index is -1.51. The molecule has 0 N–H and O–H groups in total. The molecule has 0 radical (unpaired) electrons. The van der Waals surface area contributed by atoms with Gasteiger partial charge < -0.3 is 0 Å². The monoisotopic (exact) mass is 210 g/mol. The van der Waals surface area contributed by atoms with Crippen LogP contribution in [-0.2, 0) is 4.79 Å². The van der Waals surface area contributed by atoms with Crippen LogP contribution >= 0.6 is 0 Å². The third kappa shape index (κ3) is 1.86. The Morgan fingerprint density at radius 3 is 2.80 bits per heavy atom. The second-order valence-corrected chi connectivity index (χ2v) is 4.93. The molecule has 0 aromatic heterocycles. The van der Waals surface area contributed by atoms with E-state index in [4.69, 9.17) is 0 Å². The zero-order valence-electron chi connectivity index (χ0n) is 9.34. The van der Waals surface area contributed by atoms with E-state index in [-0.39, 0.29) is 11.7 Å². The molecule has 84 valence electrons. The molecule has 15 heavy (non-hydrogen) atoms. The van der Waals surface area contributed by atoms with Gasteiger partial charge >= 0.3 is 0 Å². The summed E-state index contributed by atoms with van der Waals surface area (Å²) in [6.07, 6.45) is 8.68. The zero-order valence-corrected chi connectivity index (χ0v) is 9.34. The first-order valence-electron chi connectivity index (χ1n) is 6.07. The number of fused-ring (bicyclic) bond motifs is 2. The molecule has 0 aromatic rings. The average molecular weight is 210 g/mol. The summed E-state index contributed by atoms with van der Waals surface area (Å²) in [5.74, 6) is 0.0690. The van der Waals surface area contributed by atoms with Gasteiger partial charge in [0.2, 0.25) is 0 Å². The van der Waals surface area contributed by atoms with Crippen molar-refractivity contribution in [2.75, 3.05) is 0 Å². The molecule has 3 atom stereocenters. The summed E-state index contributed by atoms with van der Waals surface area (Å²) in [5.41, 5.74) is -1.51. The number of carbonyl (C=O) groups excluding carboxylic acids is 1. The Morgan fingerprint density at radius 2 is 2.27 bits per heavy atom. The molecule has 2 aliphatic carbocycles. The highest BCUT2D eigenvalue weighted by Gasteiger charge is 2.53. The van der Waals surface area contributed by atoms with Gasteiger partial charge in [0.05, 0.1) is 0 Å². The van der Waals surface area contributed by atoms with Crippen molar-refractivity contribution in [3.63, 3.8) is 0 Å². The standard InChI is InChI=1S/C13H19FO/c1-2-3-4-5-12(15)13(14)9-10-6-7-11(13)8-10/h6-7,10-11H,2-5,8-9H2,1H3/t10-,11+,13-/m0/s1. The molecule has 0 aliphatic heterocycles. The van der Waals surface area contributed by atoms with E-state index in [2.05, 4.69) is 13.0 Å². The second kappa shape index (κ2) is 4.07. The molecule has 2 rings (SSSR count). The molecule has 2 aliphatic rings. The maximum atomic E-state index is 14.4. The summed E-state index contributed by atoms with van der Waals surface area (Å²) < 4.78 is 14.4. The summed E-state index contributed by atoms with van der Waals surface area (Å²) in [7, 11) is 0. The van der Waals surface area contributed by atoms with Crippen LogP contribution in [-0.4, -0.2) is 11.5 Å². The first-order valence-corrected chi connectivity index (χ1v) is 6.07. The lowest BCUT2D eigenvalue weighted by molar-refractivity contribution is -0.132. The lowest BCUT2D eigenvalue weighted by Crippen LogP contribution is -2.37. The molecule has 2 heteroatoms. The number of alkyl halides is 1. The van der Waals surface area contributed by atoms with Gasteiger partial charge in [0.15, 0.2) is 11.5 Å². The molecule has 0 amide bonds. The Bertz CT molecular complexity index is 284. The van der Waals surface area contributed by atoms with Gasteiger partial charge in [-0.3, -0.25) is 4.79 Å². The van der Waals surface area contributed by atoms with Crippen LogP contribution in [0.5, 0.6) is 0 Å². The van der Waals surface area contributed by atoms with Crippen LogP contribution in [0.15, 0.2) is 12.2 Å². The van der Waals surface area contributed by atoms with Crippen molar-refractivity contribution in [3.8, 4) is 0 Å². The molecule has 0 aromatic carbocycles. The SMILES string of the molecule is CCCCCC(=O)[C@]1(F)C[C@H]2C=C[C@@H]1C2. The van der Waals surface area contributed by atoms with Crippen LogP contribution in [0.2, 0.25) is 0 Å². The van der Waals surface area contributed by atoms with Crippen molar-refractivity contribution < 1.29 is 9.18 Å². The summed E-state index contributed by atoms with van der Waals surface area (Å²) in [6.45, 7) is 2.09. The number of ketones is 1. The zero-order chi connectivity index (χ0) is 10.9. The first-order chi connectivity index (χ1) is 7.16. The summed E-state index contributed by atoms with van der Waals surface area (Å²) >= 11 is 0. The Labute approximate surface area is 90.7 Å². The van der Waals surface area contributed by atoms with Gasteiger partial charge in [-0.15, -0.1) is 0 Å². The molecule has 0 unspecified atom stereocenters. The Balaban J connectivity index is 1.92. The van der Waals surface area contributed by atoms with Crippen molar-refractivity contribution in [2.45, 2.75) is 51.1 Å². The van der Waals surface area contributed by atoms with E-state index < -0.39 is 5.67 Å². The van der Waals surface area contributed by atoms with Crippen LogP contribution in [0.3, 0.4) is 0 Å². The van der Waals surface area contributed by atoms with E-state index in [9.17, 15) is 9.18 Å². The van der Waals surface area contributed by atoms with Gasteiger partial charge in [-0.25, -0.2) is 4.39 Å². The second-order valence-electron chi connectivity index (χ2n) is 4.93. The quantitative estimate of drug-likeness (QED) is 0.502. The molecule has 0 saturated heterocycles. The third-order valence-electron chi connectivity index (χ3n) is 3.79. The number of Topliss-reactive ketones (excluding diaryl/α,β-unsaturated/α-hetero) is 1. The number of rotatable bonds is 5. The fourth-order valence-electron chi connectivity index (χ4n) is 2.86. The van der Waals surface area contributed by atoms with Crippen molar-refractivity contribution in [1.82, 2.24) is 0 Å². The van der Waals surface area contributed by atoms with Gasteiger partial charge in [-0.1, -0.05) is 31.9 Å². The molecular weight excluding hydrogens is 191 g/mol. The average Bonchev–Trinajstić information content (AvgIpc) is 2.78. The number of halogens is 1. The summed E-state index contributed by atoms with van der Waals surface area (Å²) in [4.78, 5) is 11.8. The van der Waals surface area contributed by atoms with E-state index in [0.717, 1.165) is 25.7 Å². The number of hydrogen-bond donors (Lipinski definition) is 0. The maximum absolute atomic E-state index is 14.4. The fourth-order valence-corrected chi connectivity index (χ4v) is 2.86. The molecule has 1 saturated carbocycles. The van der Waals surface area contributed by atoms with Crippen LogP contribution in [0.25, 0.3) is 0 Å². The maximum Gasteiger partial charge on any atom is 0.175 e. The Kier molecular flexibility index (Phi) is 2.94. The van der Waals surface area contributed by atoms with Gasteiger partial charge in [-0.2, -0.15) is 0 Å². The highest BCUT2D eigenvalue weighted by Crippen LogP contribution is 2.49. The molecule has 1 nitrogen and oxygen atoms in total. The number of allylic oxidation sites excluding steroid dienone is 2. The number of carbonyl (C=O) groups is 1. The third-order valence-corrected chi connectivity index (χ3v) is 3.79. The summed E-state index contributed by atoms with van der Waals surface area (Å²) in [5, 5.41) is 0. The topological polar surface area (TPSA) is 17.1 Å². The van der Waals surface area contributed by atoms with Gasteiger partial charge in [0.25, 0.3) is 0 Å². The lowest BCUT2D eigenvalue weighted by atomic mass is 9.84. The van der Waals surface area contributed by atoms with Gasteiger partial charge in [0.1, 0.15) is 0 Å². The molecule has 2 bridgehead atoms. The van der Waals surface area contributed by atoms with E-state index in [1.54, 1.807) is 0 Å². The first kappa shape index (κ1) is 10.8. The van der Waals surface area contributed by atoms with Crippen LogP contribution < -0.4 is 0 Å². The number of hydrogen-bond acceptors (Lipinski definition) is 1. The minimum Gasteiger partial charge on any atom is -0.296 e. The predicted molar refractivity (Wildman–Crippen MR) is 58.3 cm³/mol. The van der Waals surface area contributed by atoms with Crippen molar-refractivity contribution in [2.24, 2.45) is 11.8 Å². The van der Waals surface area contributed by atoms with E-state index >= 15 is 0 Å².